The first-order valence-corrected chi connectivity index (χ1v) is 5.83. The smallest absolute Gasteiger partial charge is 0.126 e. The van der Waals surface area contributed by atoms with Gasteiger partial charge in [0, 0.05) is 17.5 Å². The largest absolute Gasteiger partial charge is 0.381 e. The summed E-state index contributed by atoms with van der Waals surface area (Å²) in [5.74, 6) is -0.312. The molecule has 0 aliphatic carbocycles. The minimum absolute atomic E-state index is 0.312. The number of benzene rings is 1. The molecular weight excluding hydrogens is 229 g/mol. The SMILES string of the molecule is Cc1ccc(C(C)(O)c2ccc(C)c(F)c2)cn1. The first-order valence-electron chi connectivity index (χ1n) is 5.83. The molecule has 18 heavy (non-hydrogen) atoms. The lowest BCUT2D eigenvalue weighted by atomic mass is 9.88. The van der Waals surface area contributed by atoms with Crippen molar-refractivity contribution in [2.75, 3.05) is 0 Å². The summed E-state index contributed by atoms with van der Waals surface area (Å²) < 4.78 is 13.6. The zero-order valence-corrected chi connectivity index (χ0v) is 10.7. The molecule has 0 radical (unpaired) electrons. The van der Waals surface area contributed by atoms with Crippen LogP contribution in [0.25, 0.3) is 0 Å². The fourth-order valence-electron chi connectivity index (χ4n) is 1.82. The number of rotatable bonds is 2. The molecule has 1 aromatic carbocycles. The van der Waals surface area contributed by atoms with E-state index in [0.717, 1.165) is 5.69 Å². The van der Waals surface area contributed by atoms with Crippen molar-refractivity contribution in [1.29, 1.82) is 0 Å². The van der Waals surface area contributed by atoms with E-state index in [1.165, 1.54) is 6.07 Å². The Labute approximate surface area is 106 Å². The highest BCUT2D eigenvalue weighted by Crippen LogP contribution is 2.29. The molecule has 2 rings (SSSR count). The van der Waals surface area contributed by atoms with Crippen LogP contribution in [0.2, 0.25) is 0 Å². The highest BCUT2D eigenvalue weighted by molar-refractivity contribution is 5.36. The van der Waals surface area contributed by atoms with Gasteiger partial charge in [0.15, 0.2) is 0 Å². The lowest BCUT2D eigenvalue weighted by molar-refractivity contribution is 0.101. The Morgan fingerprint density at radius 1 is 1.11 bits per heavy atom. The summed E-state index contributed by atoms with van der Waals surface area (Å²) in [5, 5.41) is 10.6. The molecule has 0 aliphatic heterocycles. The zero-order valence-electron chi connectivity index (χ0n) is 10.7. The van der Waals surface area contributed by atoms with Crippen molar-refractivity contribution < 1.29 is 9.50 Å². The molecule has 0 fully saturated rings. The van der Waals surface area contributed by atoms with E-state index < -0.39 is 5.60 Å². The number of halogens is 1. The van der Waals surface area contributed by atoms with Crippen LogP contribution >= 0.6 is 0 Å². The molecule has 1 atom stereocenters. The number of pyridine rings is 1. The average molecular weight is 245 g/mol. The number of aromatic nitrogens is 1. The van der Waals surface area contributed by atoms with Crippen molar-refractivity contribution in [1.82, 2.24) is 4.98 Å². The standard InChI is InChI=1S/C15H16FNO/c1-10-4-6-12(8-14(10)16)15(3,18)13-7-5-11(2)17-9-13/h4-9,18H,1-3H3. The molecular formula is C15H16FNO. The van der Waals surface area contributed by atoms with Gasteiger partial charge in [-0.05, 0) is 44.0 Å². The zero-order chi connectivity index (χ0) is 13.3. The van der Waals surface area contributed by atoms with E-state index in [1.807, 2.05) is 13.0 Å². The molecule has 0 saturated carbocycles. The summed E-state index contributed by atoms with van der Waals surface area (Å²) in [6, 6.07) is 8.41. The quantitative estimate of drug-likeness (QED) is 0.882. The van der Waals surface area contributed by atoms with Crippen LogP contribution in [0.4, 0.5) is 4.39 Å². The molecule has 1 heterocycles. The van der Waals surface area contributed by atoms with Gasteiger partial charge in [-0.25, -0.2) is 4.39 Å². The van der Waals surface area contributed by atoms with Gasteiger partial charge in [0.25, 0.3) is 0 Å². The van der Waals surface area contributed by atoms with Gasteiger partial charge in [-0.2, -0.15) is 0 Å². The summed E-state index contributed by atoms with van der Waals surface area (Å²) in [5.41, 5.74) is 1.38. The number of hydrogen-bond donors (Lipinski definition) is 1. The lowest BCUT2D eigenvalue weighted by Gasteiger charge is -2.24. The Bertz CT molecular complexity index is 561. The van der Waals surface area contributed by atoms with E-state index in [2.05, 4.69) is 4.98 Å². The number of nitrogens with zero attached hydrogens (tertiary/aromatic N) is 1. The van der Waals surface area contributed by atoms with E-state index in [0.29, 0.717) is 16.7 Å². The van der Waals surface area contributed by atoms with Gasteiger partial charge >= 0.3 is 0 Å². The van der Waals surface area contributed by atoms with Gasteiger partial charge < -0.3 is 5.11 Å². The molecule has 2 nitrogen and oxygen atoms in total. The Kier molecular flexibility index (Phi) is 3.18. The maximum absolute atomic E-state index is 13.6. The maximum Gasteiger partial charge on any atom is 0.126 e. The van der Waals surface area contributed by atoms with Gasteiger partial charge in [-0.15, -0.1) is 0 Å². The summed E-state index contributed by atoms with van der Waals surface area (Å²) in [6.45, 7) is 5.22. The van der Waals surface area contributed by atoms with Crippen LogP contribution in [0.15, 0.2) is 36.5 Å². The van der Waals surface area contributed by atoms with Crippen molar-refractivity contribution in [3.05, 3.63) is 64.7 Å². The topological polar surface area (TPSA) is 33.1 Å². The van der Waals surface area contributed by atoms with E-state index in [1.54, 1.807) is 38.2 Å². The minimum Gasteiger partial charge on any atom is -0.381 e. The van der Waals surface area contributed by atoms with Crippen molar-refractivity contribution in [2.45, 2.75) is 26.4 Å². The average Bonchev–Trinajstić information content (AvgIpc) is 2.33. The van der Waals surface area contributed by atoms with Crippen molar-refractivity contribution in [3.8, 4) is 0 Å². The molecule has 0 bridgehead atoms. The van der Waals surface area contributed by atoms with Gasteiger partial charge in [-0.1, -0.05) is 18.2 Å². The van der Waals surface area contributed by atoms with Crippen LogP contribution in [0, 0.1) is 19.7 Å². The molecule has 0 amide bonds. The molecule has 1 unspecified atom stereocenters. The molecule has 3 heteroatoms. The molecule has 0 spiro atoms. The van der Waals surface area contributed by atoms with E-state index in [4.69, 9.17) is 0 Å². The van der Waals surface area contributed by atoms with Crippen molar-refractivity contribution in [2.24, 2.45) is 0 Å². The molecule has 0 saturated heterocycles. The summed E-state index contributed by atoms with van der Waals surface area (Å²) in [4.78, 5) is 4.16. The highest BCUT2D eigenvalue weighted by atomic mass is 19.1. The highest BCUT2D eigenvalue weighted by Gasteiger charge is 2.26. The van der Waals surface area contributed by atoms with Crippen LogP contribution < -0.4 is 0 Å². The molecule has 94 valence electrons. The van der Waals surface area contributed by atoms with Crippen molar-refractivity contribution in [3.63, 3.8) is 0 Å². The summed E-state index contributed by atoms with van der Waals surface area (Å²) >= 11 is 0. The predicted molar refractivity (Wildman–Crippen MR) is 68.8 cm³/mol. The van der Waals surface area contributed by atoms with Crippen LogP contribution in [0.3, 0.4) is 0 Å². The number of hydrogen-bond acceptors (Lipinski definition) is 2. The van der Waals surface area contributed by atoms with Crippen LogP contribution in [-0.2, 0) is 5.60 Å². The van der Waals surface area contributed by atoms with E-state index >= 15 is 0 Å². The first kappa shape index (κ1) is 12.7. The second-order valence-electron chi connectivity index (χ2n) is 4.72. The Balaban J connectivity index is 2.46. The van der Waals surface area contributed by atoms with Gasteiger partial charge in [0.05, 0.1) is 0 Å². The summed E-state index contributed by atoms with van der Waals surface area (Å²) in [6.07, 6.45) is 1.62. The molecule has 2 aromatic rings. The van der Waals surface area contributed by atoms with E-state index in [-0.39, 0.29) is 5.82 Å². The lowest BCUT2D eigenvalue weighted by Crippen LogP contribution is -2.23. The second-order valence-corrected chi connectivity index (χ2v) is 4.72. The second kappa shape index (κ2) is 4.50. The predicted octanol–water partition coefficient (Wildman–Crippen LogP) is 3.09. The van der Waals surface area contributed by atoms with Gasteiger partial charge in [0.2, 0.25) is 0 Å². The van der Waals surface area contributed by atoms with Crippen LogP contribution in [0.1, 0.15) is 29.3 Å². The third-order valence-corrected chi connectivity index (χ3v) is 3.21. The molecule has 0 aliphatic rings. The third kappa shape index (κ3) is 2.27. The normalized spacial score (nSPS) is 14.3. The first-order chi connectivity index (χ1) is 8.41. The molecule has 1 aromatic heterocycles. The Hall–Kier alpha value is -1.74. The summed E-state index contributed by atoms with van der Waals surface area (Å²) in [7, 11) is 0. The Morgan fingerprint density at radius 2 is 1.78 bits per heavy atom. The van der Waals surface area contributed by atoms with Gasteiger partial charge in [0.1, 0.15) is 11.4 Å². The fraction of sp³-hybridized carbons (Fsp3) is 0.267. The minimum atomic E-state index is -1.24. The van der Waals surface area contributed by atoms with Crippen LogP contribution in [0.5, 0.6) is 0 Å². The van der Waals surface area contributed by atoms with Crippen LogP contribution in [-0.4, -0.2) is 10.1 Å². The molecule has 1 N–H and O–H groups in total. The third-order valence-electron chi connectivity index (χ3n) is 3.21. The van der Waals surface area contributed by atoms with Gasteiger partial charge in [-0.3, -0.25) is 4.98 Å². The maximum atomic E-state index is 13.6. The number of aliphatic hydroxyl groups is 1. The monoisotopic (exact) mass is 245 g/mol. The fourth-order valence-corrected chi connectivity index (χ4v) is 1.82. The Morgan fingerprint density at radius 3 is 2.33 bits per heavy atom. The number of aryl methyl sites for hydroxylation is 2. The van der Waals surface area contributed by atoms with E-state index in [9.17, 15) is 9.50 Å². The van der Waals surface area contributed by atoms with Crippen molar-refractivity contribution >= 4 is 0 Å².